The molecule has 0 aliphatic heterocycles. The van der Waals surface area contributed by atoms with Crippen molar-refractivity contribution in [1.82, 2.24) is 29.3 Å². The molecule has 0 aliphatic rings. The second kappa shape index (κ2) is 8.12. The zero-order chi connectivity index (χ0) is 22.2. The lowest BCUT2D eigenvalue weighted by atomic mass is 10.2. The summed E-state index contributed by atoms with van der Waals surface area (Å²) < 4.78 is 14.2. The van der Waals surface area contributed by atoms with Crippen molar-refractivity contribution in [2.24, 2.45) is 0 Å². The van der Waals surface area contributed by atoms with Crippen LogP contribution in [0.4, 0.5) is 0 Å². The van der Waals surface area contributed by atoms with Crippen molar-refractivity contribution in [3.63, 3.8) is 0 Å². The summed E-state index contributed by atoms with van der Waals surface area (Å²) in [7, 11) is 1.58. The number of benzene rings is 2. The van der Waals surface area contributed by atoms with Crippen molar-refractivity contribution < 1.29 is 9.26 Å². The van der Waals surface area contributed by atoms with Gasteiger partial charge >= 0.3 is 0 Å². The maximum Gasteiger partial charge on any atom is 0.267 e. The van der Waals surface area contributed by atoms with Crippen LogP contribution in [0.2, 0.25) is 0 Å². The highest BCUT2D eigenvalue weighted by molar-refractivity contribution is 7.98. The van der Waals surface area contributed by atoms with E-state index in [1.807, 2.05) is 54.6 Å². The quantitative estimate of drug-likeness (QED) is 0.363. The van der Waals surface area contributed by atoms with Crippen LogP contribution < -0.4 is 10.3 Å². The highest BCUT2D eigenvalue weighted by Gasteiger charge is 2.20. The van der Waals surface area contributed by atoms with Gasteiger partial charge < -0.3 is 9.26 Å². The van der Waals surface area contributed by atoms with Crippen LogP contribution in [0, 0.1) is 6.92 Å². The van der Waals surface area contributed by atoms with Gasteiger partial charge in [0.05, 0.1) is 29.5 Å². The van der Waals surface area contributed by atoms with E-state index in [1.54, 1.807) is 17.7 Å². The van der Waals surface area contributed by atoms with Crippen LogP contribution in [-0.4, -0.2) is 36.4 Å². The van der Waals surface area contributed by atoms with Crippen molar-refractivity contribution in [3.05, 3.63) is 70.1 Å². The average Bonchev–Trinajstić information content (AvgIpc) is 3.45. The summed E-state index contributed by atoms with van der Waals surface area (Å²) in [6, 6.07) is 13.1. The number of hydrogen-bond donors (Lipinski definition) is 0. The van der Waals surface area contributed by atoms with Gasteiger partial charge in [0.2, 0.25) is 11.7 Å². The molecule has 2 aromatic carbocycles. The summed E-state index contributed by atoms with van der Waals surface area (Å²) >= 11 is 1.43. The molecular formula is C22H20N6O3S. The van der Waals surface area contributed by atoms with Crippen LogP contribution in [0.25, 0.3) is 22.4 Å². The number of para-hydroxylation sites is 1. The second-order valence-corrected chi connectivity index (χ2v) is 8.14. The number of thioether (sulfide) groups is 1. The first kappa shape index (κ1) is 20.3. The number of hydrogen-bond acceptors (Lipinski definition) is 8. The highest BCUT2D eigenvalue weighted by Crippen LogP contribution is 2.28. The van der Waals surface area contributed by atoms with E-state index in [9.17, 15) is 4.79 Å². The Hall–Kier alpha value is -3.66. The van der Waals surface area contributed by atoms with Crippen molar-refractivity contribution >= 4 is 28.4 Å². The standard InChI is InChI=1S/C22H20N6O3S/c1-4-19-23-18(26-31-19)12-32-22-25-24-21-27(16-11-13(2)9-10-17(16)30-3)20(29)14-7-5-6-8-15(14)28(21)22/h5-11H,4,12H2,1-3H3. The predicted molar refractivity (Wildman–Crippen MR) is 121 cm³/mol. The largest absolute Gasteiger partial charge is 0.495 e. The Bertz CT molecular complexity index is 1500. The molecule has 9 nitrogen and oxygen atoms in total. The fourth-order valence-electron chi connectivity index (χ4n) is 3.59. The summed E-state index contributed by atoms with van der Waals surface area (Å²) in [5, 5.41) is 13.9. The Kier molecular flexibility index (Phi) is 5.14. The van der Waals surface area contributed by atoms with Gasteiger partial charge in [0, 0.05) is 6.42 Å². The van der Waals surface area contributed by atoms with Crippen molar-refractivity contribution in [1.29, 1.82) is 0 Å². The fourth-order valence-corrected chi connectivity index (χ4v) is 4.37. The smallest absolute Gasteiger partial charge is 0.267 e. The summed E-state index contributed by atoms with van der Waals surface area (Å²) in [6.45, 7) is 3.92. The normalized spacial score (nSPS) is 11.5. The van der Waals surface area contributed by atoms with Gasteiger partial charge in [-0.1, -0.05) is 42.0 Å². The molecule has 0 bridgehead atoms. The second-order valence-electron chi connectivity index (χ2n) is 7.20. The molecule has 3 heterocycles. The molecule has 0 radical (unpaired) electrons. The maximum absolute atomic E-state index is 13.5. The van der Waals surface area contributed by atoms with Gasteiger partial charge in [0.15, 0.2) is 11.0 Å². The van der Waals surface area contributed by atoms with Crippen LogP contribution in [0.5, 0.6) is 5.75 Å². The van der Waals surface area contributed by atoms with E-state index in [0.29, 0.717) is 51.6 Å². The van der Waals surface area contributed by atoms with Crippen LogP contribution in [0.1, 0.15) is 24.2 Å². The lowest BCUT2D eigenvalue weighted by Gasteiger charge is -2.14. The number of ether oxygens (including phenoxy) is 1. The molecule has 0 spiro atoms. The first-order valence-electron chi connectivity index (χ1n) is 10.1. The number of methoxy groups -OCH3 is 1. The SMILES string of the molecule is CCc1nc(CSc2nnc3n(-c4cc(C)ccc4OC)c(=O)c4ccccc4n23)no1. The Morgan fingerprint density at radius 2 is 2.00 bits per heavy atom. The van der Waals surface area contributed by atoms with Gasteiger partial charge in [-0.3, -0.25) is 9.20 Å². The molecule has 0 amide bonds. The van der Waals surface area contributed by atoms with E-state index < -0.39 is 0 Å². The Morgan fingerprint density at radius 3 is 2.78 bits per heavy atom. The van der Waals surface area contributed by atoms with Gasteiger partial charge in [0.1, 0.15) is 5.75 Å². The molecule has 10 heteroatoms. The van der Waals surface area contributed by atoms with Crippen molar-refractivity contribution in [3.8, 4) is 11.4 Å². The topological polar surface area (TPSA) is 100 Å². The number of fused-ring (bicyclic) bond motifs is 3. The Balaban J connectivity index is 1.73. The lowest BCUT2D eigenvalue weighted by Crippen LogP contribution is -2.22. The lowest BCUT2D eigenvalue weighted by molar-refractivity contribution is 0.378. The van der Waals surface area contributed by atoms with E-state index in [2.05, 4.69) is 20.3 Å². The predicted octanol–water partition coefficient (Wildman–Crippen LogP) is 3.59. The molecule has 5 rings (SSSR count). The Morgan fingerprint density at radius 1 is 1.16 bits per heavy atom. The molecule has 162 valence electrons. The molecule has 0 aliphatic carbocycles. The van der Waals surface area contributed by atoms with Gasteiger partial charge in [0.25, 0.3) is 5.56 Å². The molecule has 0 saturated heterocycles. The van der Waals surface area contributed by atoms with Gasteiger partial charge in [-0.05, 0) is 36.8 Å². The minimum atomic E-state index is -0.188. The third-order valence-electron chi connectivity index (χ3n) is 5.11. The third-order valence-corrected chi connectivity index (χ3v) is 6.04. The summed E-state index contributed by atoms with van der Waals surface area (Å²) in [5.41, 5.74) is 2.15. The molecule has 3 aromatic heterocycles. The number of nitrogens with zero attached hydrogens (tertiary/aromatic N) is 6. The maximum atomic E-state index is 13.5. The number of rotatable bonds is 6. The van der Waals surface area contributed by atoms with Gasteiger partial charge in [-0.2, -0.15) is 4.98 Å². The number of aromatic nitrogens is 6. The molecular weight excluding hydrogens is 428 g/mol. The summed E-state index contributed by atoms with van der Waals surface area (Å²) in [4.78, 5) is 17.9. The highest BCUT2D eigenvalue weighted by atomic mass is 32.2. The molecule has 0 saturated carbocycles. The molecule has 5 aromatic rings. The van der Waals surface area contributed by atoms with E-state index in [0.717, 1.165) is 11.1 Å². The zero-order valence-corrected chi connectivity index (χ0v) is 18.6. The van der Waals surface area contributed by atoms with Gasteiger partial charge in [-0.15, -0.1) is 10.2 Å². The molecule has 0 atom stereocenters. The first-order chi connectivity index (χ1) is 15.6. The molecule has 0 fully saturated rings. The minimum Gasteiger partial charge on any atom is -0.495 e. The molecule has 32 heavy (non-hydrogen) atoms. The summed E-state index contributed by atoms with van der Waals surface area (Å²) in [6.07, 6.45) is 0.681. The number of aryl methyl sites for hydroxylation is 2. The van der Waals surface area contributed by atoms with E-state index in [1.165, 1.54) is 11.8 Å². The van der Waals surface area contributed by atoms with Crippen molar-refractivity contribution in [2.45, 2.75) is 31.2 Å². The first-order valence-corrected chi connectivity index (χ1v) is 11.1. The van der Waals surface area contributed by atoms with Gasteiger partial charge in [-0.25, -0.2) is 4.57 Å². The minimum absolute atomic E-state index is 0.188. The third kappa shape index (κ3) is 3.32. The monoisotopic (exact) mass is 448 g/mol. The van der Waals surface area contributed by atoms with Crippen LogP contribution in [-0.2, 0) is 12.2 Å². The fraction of sp³-hybridized carbons (Fsp3) is 0.227. The van der Waals surface area contributed by atoms with Crippen LogP contribution in [0.3, 0.4) is 0 Å². The van der Waals surface area contributed by atoms with E-state index in [4.69, 9.17) is 9.26 Å². The molecule has 0 N–H and O–H groups in total. The van der Waals surface area contributed by atoms with Crippen molar-refractivity contribution in [2.75, 3.05) is 7.11 Å². The Labute approximate surface area is 187 Å². The average molecular weight is 449 g/mol. The van der Waals surface area contributed by atoms with Crippen LogP contribution in [0.15, 0.2) is 56.9 Å². The van der Waals surface area contributed by atoms with E-state index >= 15 is 0 Å². The van der Waals surface area contributed by atoms with Crippen LogP contribution >= 0.6 is 11.8 Å². The van der Waals surface area contributed by atoms with E-state index in [-0.39, 0.29) is 5.56 Å². The molecule has 0 unspecified atom stereocenters. The zero-order valence-electron chi connectivity index (χ0n) is 17.8. The summed E-state index contributed by atoms with van der Waals surface area (Å²) in [5.74, 6) is 2.62.